The minimum absolute atomic E-state index is 0.111. The van der Waals surface area contributed by atoms with Crippen molar-refractivity contribution < 1.29 is 81.1 Å². The highest BCUT2D eigenvalue weighted by atomic mass is 18.2. The van der Waals surface area contributed by atoms with Gasteiger partial charge in [-0.2, -0.15) is 0 Å². The zero-order chi connectivity index (χ0) is 48.0. The number of nitrogens with one attached hydrogen (secondary N) is 5. The highest BCUT2D eigenvalue weighted by Crippen LogP contribution is 2.20. The first kappa shape index (κ1) is 52.8. The molecule has 336 valence electrons. The lowest BCUT2D eigenvalue weighted by Crippen LogP contribution is -2.30. The van der Waals surface area contributed by atoms with Gasteiger partial charge in [-0.3, -0.25) is 43.2 Å². The van der Waals surface area contributed by atoms with E-state index in [9.17, 15) is 60.7 Å². The Morgan fingerprint density at radius 2 is 0.952 bits per heavy atom. The fourth-order valence-electron chi connectivity index (χ4n) is 4.47. The molecule has 0 aliphatic heterocycles. The van der Waals surface area contributed by atoms with Crippen molar-refractivity contribution in [1.82, 2.24) is 21.3 Å². The lowest BCUT2D eigenvalue weighted by atomic mass is 10.1. The molecule has 0 bridgehead atoms. The summed E-state index contributed by atoms with van der Waals surface area (Å²) >= 11 is 0. The fourth-order valence-corrected chi connectivity index (χ4v) is 4.47. The summed E-state index contributed by atoms with van der Waals surface area (Å²) in [4.78, 5) is 97.3. The Bertz CT molecular complexity index is 2340. The van der Waals surface area contributed by atoms with Gasteiger partial charge in [-0.1, -0.05) is 18.2 Å². The maximum Gasteiger partial charge on any atom is 0.322 e. The quantitative estimate of drug-likeness (QED) is 0.0871. The minimum atomic E-state index is -1.22. The Morgan fingerprint density at radius 1 is 0.476 bits per heavy atom. The molecule has 0 spiro atoms. The molecule has 22 heteroatoms. The van der Waals surface area contributed by atoms with Crippen molar-refractivity contribution in [2.75, 3.05) is 31.5 Å². The van der Waals surface area contributed by atoms with E-state index in [1.807, 2.05) is 0 Å². The summed E-state index contributed by atoms with van der Waals surface area (Å²) in [7, 11) is 0. The molecule has 0 radical (unpaired) electrons. The fraction of sp³-hybridized carbons (Fsp3) is 0.195. The Kier molecular flexibility index (Phi) is 21.9. The molecule has 0 aliphatic rings. The molecule has 0 atom stereocenters. The molecule has 18 nitrogen and oxygen atoms in total. The maximum atomic E-state index is 13.5. The number of hydrogen-bond acceptors (Lipinski definition) is 9. The number of carbonyl (C=O) groups is 9. The molecule has 0 aliphatic carbocycles. The number of carboxylic acid groups (broad SMARTS) is 4. The molecule has 0 unspecified atom stereocenters. The Labute approximate surface area is 355 Å². The largest absolute Gasteiger partial charge is 0.480 e. The summed E-state index contributed by atoms with van der Waals surface area (Å²) in [5.41, 5.74) is 1.61. The van der Waals surface area contributed by atoms with E-state index in [1.165, 1.54) is 55.5 Å². The summed E-state index contributed by atoms with van der Waals surface area (Å²) in [6.45, 7) is 4.03. The van der Waals surface area contributed by atoms with Gasteiger partial charge in [0.05, 0.1) is 11.3 Å². The highest BCUT2D eigenvalue weighted by Gasteiger charge is 2.17. The first-order chi connectivity index (χ1) is 29.4. The zero-order valence-electron chi connectivity index (χ0n) is 33.7. The third kappa shape index (κ3) is 20.6. The van der Waals surface area contributed by atoms with Crippen molar-refractivity contribution in [2.45, 2.75) is 27.7 Å². The van der Waals surface area contributed by atoms with Crippen molar-refractivity contribution >= 4 is 59.1 Å². The second kappa shape index (κ2) is 26.1. The SMILES string of the molecule is CC(=O)Nc1c([18F])cccc1C(=O)NCC(=O)O.Cc1cc([18F])cc(C(=O)NCC(=O)O)c1.Cc1ccc(C(=O)NCC(=O)O)cc1[18F].Cc1ccc([18F])cc1C(=O)NCC(=O)O. The van der Waals surface area contributed by atoms with Crippen LogP contribution in [0.2, 0.25) is 0 Å². The predicted octanol–water partition coefficient (Wildman–Crippen LogP) is 3.44. The van der Waals surface area contributed by atoms with Crippen LogP contribution in [0.15, 0.2) is 72.8 Å². The van der Waals surface area contributed by atoms with Gasteiger partial charge in [0.2, 0.25) is 5.91 Å². The van der Waals surface area contributed by atoms with E-state index in [0.717, 1.165) is 24.3 Å². The van der Waals surface area contributed by atoms with E-state index < -0.39 is 103 Å². The number of rotatable bonds is 13. The number of aryl methyl sites for hydroxylation is 3. The first-order valence-corrected chi connectivity index (χ1v) is 17.8. The molecular formula is C41H41F4N5O13. The molecule has 0 aromatic heterocycles. The van der Waals surface area contributed by atoms with Gasteiger partial charge < -0.3 is 47.0 Å². The number of benzene rings is 4. The number of aliphatic carboxylic acids is 4. The van der Waals surface area contributed by atoms with E-state index in [-0.39, 0.29) is 27.9 Å². The second-order valence-electron chi connectivity index (χ2n) is 12.6. The number of halogens is 4. The first-order valence-electron chi connectivity index (χ1n) is 17.8. The molecule has 5 amide bonds. The van der Waals surface area contributed by atoms with Gasteiger partial charge in [0.1, 0.15) is 49.4 Å². The maximum absolute atomic E-state index is 13.5. The van der Waals surface area contributed by atoms with E-state index in [0.29, 0.717) is 16.7 Å². The molecule has 0 saturated heterocycles. The van der Waals surface area contributed by atoms with Crippen LogP contribution in [0.1, 0.15) is 65.0 Å². The van der Waals surface area contributed by atoms with Gasteiger partial charge in [-0.05, 0) is 92.1 Å². The number of carbonyl (C=O) groups excluding carboxylic acids is 5. The Balaban J connectivity index is 0.000000421. The number of carboxylic acids is 4. The molecule has 4 aromatic carbocycles. The zero-order valence-corrected chi connectivity index (χ0v) is 33.7. The van der Waals surface area contributed by atoms with Crippen LogP contribution in [-0.4, -0.2) is 100 Å². The molecule has 4 rings (SSSR count). The average molecular weight is 884 g/mol. The van der Waals surface area contributed by atoms with Gasteiger partial charge in [0.15, 0.2) is 0 Å². The van der Waals surface area contributed by atoms with E-state index in [2.05, 4.69) is 26.6 Å². The van der Waals surface area contributed by atoms with Gasteiger partial charge in [0, 0.05) is 23.6 Å². The van der Waals surface area contributed by atoms with Gasteiger partial charge in [0.25, 0.3) is 23.6 Å². The summed E-state index contributed by atoms with van der Waals surface area (Å²) < 4.78 is 52.2. The van der Waals surface area contributed by atoms with Crippen LogP contribution in [0.5, 0.6) is 0 Å². The average Bonchev–Trinajstić information content (AvgIpc) is 3.20. The third-order valence-electron chi connectivity index (χ3n) is 7.34. The van der Waals surface area contributed by atoms with Crippen LogP contribution in [0.4, 0.5) is 23.2 Å². The van der Waals surface area contributed by atoms with Crippen molar-refractivity contribution in [1.29, 1.82) is 0 Å². The number of amides is 5. The molecular weight excluding hydrogens is 842 g/mol. The number of anilines is 1. The topological polar surface area (TPSA) is 295 Å². The van der Waals surface area contributed by atoms with Crippen molar-refractivity contribution in [3.63, 3.8) is 0 Å². The predicted molar refractivity (Wildman–Crippen MR) is 214 cm³/mol. The molecule has 0 heterocycles. The van der Waals surface area contributed by atoms with Crippen LogP contribution < -0.4 is 26.6 Å². The van der Waals surface area contributed by atoms with Crippen LogP contribution >= 0.6 is 0 Å². The lowest BCUT2D eigenvalue weighted by Gasteiger charge is -2.10. The normalized spacial score (nSPS) is 9.71. The monoisotopic (exact) mass is 883 g/mol. The summed E-state index contributed by atoms with van der Waals surface area (Å²) in [6, 6.07) is 15.2. The molecule has 0 fully saturated rings. The van der Waals surface area contributed by atoms with E-state index in [1.54, 1.807) is 20.8 Å². The summed E-state index contributed by atoms with van der Waals surface area (Å²) in [6.07, 6.45) is 0. The second-order valence-corrected chi connectivity index (χ2v) is 12.6. The van der Waals surface area contributed by atoms with Crippen LogP contribution in [-0.2, 0) is 24.0 Å². The number of hydrogen-bond donors (Lipinski definition) is 9. The lowest BCUT2D eigenvalue weighted by molar-refractivity contribution is -0.136. The van der Waals surface area contributed by atoms with Gasteiger partial charge >= 0.3 is 23.9 Å². The molecule has 9 N–H and O–H groups in total. The van der Waals surface area contributed by atoms with E-state index >= 15 is 0 Å². The smallest absolute Gasteiger partial charge is 0.322 e. The van der Waals surface area contributed by atoms with Crippen molar-refractivity contribution in [3.8, 4) is 0 Å². The standard InChI is InChI=1S/C11H11FN2O4.3C10H10FNO3/c1-6(15)14-10-7(3-2-4-8(10)12)11(18)13-5-9(16)17;1-6-2-7(4-8(11)3-6)10(15)12-5-9(13)14;1-6-2-3-7(11)4-8(6)10(15)12-5-9(13)14;1-6-2-3-7(4-8(6)11)10(15)12-5-9(13)14/h2-4H,5H2,1H3,(H,13,18)(H,14,15)(H,16,17);3*2-4H,5H2,1H3,(H,12,15)(H,13,14)/i12-1;3*11-1. The minimum Gasteiger partial charge on any atom is -0.480 e. The molecule has 4 aromatic rings. The number of para-hydroxylation sites is 1. The summed E-state index contributed by atoms with van der Waals surface area (Å²) in [5.74, 6) is -10.0. The molecule has 0 saturated carbocycles. The Morgan fingerprint density at radius 3 is 1.43 bits per heavy atom. The summed E-state index contributed by atoms with van der Waals surface area (Å²) in [5, 5.41) is 44.1. The van der Waals surface area contributed by atoms with Crippen molar-refractivity contribution in [3.05, 3.63) is 135 Å². The molecule has 63 heavy (non-hydrogen) atoms. The third-order valence-corrected chi connectivity index (χ3v) is 7.34. The Hall–Kier alpha value is -8.17. The van der Waals surface area contributed by atoms with Gasteiger partial charge in [-0.15, -0.1) is 0 Å². The van der Waals surface area contributed by atoms with E-state index in [4.69, 9.17) is 20.4 Å². The highest BCUT2D eigenvalue weighted by molar-refractivity contribution is 6.04. The van der Waals surface area contributed by atoms with Crippen molar-refractivity contribution in [2.24, 2.45) is 0 Å². The van der Waals surface area contributed by atoms with Gasteiger partial charge in [-0.25, -0.2) is 17.6 Å². The van der Waals surface area contributed by atoms with Crippen LogP contribution in [0.3, 0.4) is 0 Å². The van der Waals surface area contributed by atoms with Crippen LogP contribution in [0.25, 0.3) is 0 Å². The van der Waals surface area contributed by atoms with Crippen LogP contribution in [0, 0.1) is 44.0 Å².